The maximum Gasteiger partial charge on any atom is 0.237 e. The average molecular weight is 387 g/mol. The van der Waals surface area contributed by atoms with Crippen molar-refractivity contribution in [2.45, 2.75) is 30.3 Å². The molecule has 1 amide bonds. The molecule has 6 nitrogen and oxygen atoms in total. The van der Waals surface area contributed by atoms with Gasteiger partial charge in [0.05, 0.1) is 18.6 Å². The van der Waals surface area contributed by atoms with Crippen molar-refractivity contribution in [3.8, 4) is 0 Å². The highest BCUT2D eigenvalue weighted by Gasteiger charge is 2.30. The van der Waals surface area contributed by atoms with E-state index in [1.54, 1.807) is 6.26 Å². The Labute approximate surface area is 159 Å². The molecular formula is C18H18N4O2S2. The highest BCUT2D eigenvalue weighted by molar-refractivity contribution is 8.01. The molecule has 8 heteroatoms. The van der Waals surface area contributed by atoms with Crippen LogP contribution in [0.3, 0.4) is 0 Å². The molecule has 0 spiro atoms. The molecule has 2 aromatic heterocycles. The van der Waals surface area contributed by atoms with E-state index in [0.717, 1.165) is 27.3 Å². The Kier molecular flexibility index (Phi) is 4.94. The van der Waals surface area contributed by atoms with Gasteiger partial charge in [-0.2, -0.15) is 0 Å². The fraction of sp³-hybridized carbons (Fsp3) is 0.278. The smallest absolute Gasteiger partial charge is 0.237 e. The van der Waals surface area contributed by atoms with Gasteiger partial charge in [-0.05, 0) is 37.1 Å². The number of nitrogens with zero attached hydrogens (tertiary/aromatic N) is 3. The van der Waals surface area contributed by atoms with E-state index < -0.39 is 0 Å². The number of fused-ring (bicyclic) bond motifs is 1. The summed E-state index contributed by atoms with van der Waals surface area (Å²) in [4.78, 5) is 14.6. The summed E-state index contributed by atoms with van der Waals surface area (Å²) < 4.78 is 6.05. The molecule has 134 valence electrons. The third-order valence-electron chi connectivity index (χ3n) is 4.20. The van der Waals surface area contributed by atoms with E-state index in [-0.39, 0.29) is 11.9 Å². The summed E-state index contributed by atoms with van der Waals surface area (Å²) in [5.41, 5.74) is 2.27. The molecule has 0 saturated carbocycles. The van der Waals surface area contributed by atoms with Gasteiger partial charge >= 0.3 is 0 Å². The minimum Gasteiger partial charge on any atom is -0.467 e. The van der Waals surface area contributed by atoms with Crippen molar-refractivity contribution in [1.29, 1.82) is 0 Å². The molecule has 0 unspecified atom stereocenters. The van der Waals surface area contributed by atoms with Crippen LogP contribution in [0.15, 0.2) is 51.4 Å². The van der Waals surface area contributed by atoms with Gasteiger partial charge in [0.2, 0.25) is 11.0 Å². The van der Waals surface area contributed by atoms with Gasteiger partial charge in [0.1, 0.15) is 5.76 Å². The molecule has 0 radical (unpaired) electrons. The zero-order valence-corrected chi connectivity index (χ0v) is 15.8. The number of anilines is 2. The number of amides is 1. The van der Waals surface area contributed by atoms with Crippen molar-refractivity contribution >= 4 is 39.8 Å². The number of nitrogens with one attached hydrogen (secondary N) is 1. The van der Waals surface area contributed by atoms with E-state index >= 15 is 0 Å². The molecular weight excluding hydrogens is 368 g/mol. The predicted octanol–water partition coefficient (Wildman–Crippen LogP) is 3.81. The Morgan fingerprint density at radius 2 is 2.23 bits per heavy atom. The summed E-state index contributed by atoms with van der Waals surface area (Å²) >= 11 is 2.87. The van der Waals surface area contributed by atoms with Gasteiger partial charge in [0.25, 0.3) is 0 Å². The lowest BCUT2D eigenvalue weighted by molar-refractivity contribution is -0.116. The zero-order valence-electron chi connectivity index (χ0n) is 14.2. The summed E-state index contributed by atoms with van der Waals surface area (Å²) in [7, 11) is 0. The van der Waals surface area contributed by atoms with E-state index in [4.69, 9.17) is 4.42 Å². The van der Waals surface area contributed by atoms with Crippen molar-refractivity contribution < 1.29 is 9.21 Å². The van der Waals surface area contributed by atoms with Crippen LogP contribution in [0, 0.1) is 0 Å². The standard InChI is InChI=1S/C18H18N4O2S2/c1-12-9-13-5-2-3-7-15(13)22(12)16(23)11-25-18-21-20-17(26-18)19-10-14-6-4-8-24-14/h2-8,12H,9-11H2,1H3,(H,19,20)/t12-/m1/s1. The first-order valence-corrected chi connectivity index (χ1v) is 10.1. The van der Waals surface area contributed by atoms with Crippen LogP contribution in [0.4, 0.5) is 10.8 Å². The van der Waals surface area contributed by atoms with Crippen LogP contribution in [0.1, 0.15) is 18.2 Å². The predicted molar refractivity (Wildman–Crippen MR) is 104 cm³/mol. The fourth-order valence-corrected chi connectivity index (χ4v) is 4.66. The molecule has 3 aromatic rings. The molecule has 1 N–H and O–H groups in total. The van der Waals surface area contributed by atoms with Gasteiger partial charge in [-0.3, -0.25) is 4.79 Å². The summed E-state index contributed by atoms with van der Waals surface area (Å²) in [5, 5.41) is 12.1. The topological polar surface area (TPSA) is 71.3 Å². The molecule has 1 aromatic carbocycles. The summed E-state index contributed by atoms with van der Waals surface area (Å²) in [6, 6.07) is 12.1. The maximum atomic E-state index is 12.7. The van der Waals surface area contributed by atoms with Gasteiger partial charge in [-0.25, -0.2) is 0 Å². The van der Waals surface area contributed by atoms with Crippen LogP contribution in [0.25, 0.3) is 0 Å². The Balaban J connectivity index is 1.33. The minimum atomic E-state index is 0.104. The van der Waals surface area contributed by atoms with Gasteiger partial charge in [0, 0.05) is 11.7 Å². The van der Waals surface area contributed by atoms with E-state index in [1.807, 2.05) is 35.2 Å². The maximum absolute atomic E-state index is 12.7. The first kappa shape index (κ1) is 17.1. The van der Waals surface area contributed by atoms with E-state index in [2.05, 4.69) is 28.5 Å². The summed E-state index contributed by atoms with van der Waals surface area (Å²) in [6.07, 6.45) is 2.55. The lowest BCUT2D eigenvalue weighted by atomic mass is 10.1. The van der Waals surface area contributed by atoms with Crippen molar-refractivity contribution in [2.24, 2.45) is 0 Å². The Morgan fingerprint density at radius 3 is 3.08 bits per heavy atom. The van der Waals surface area contributed by atoms with Crippen LogP contribution < -0.4 is 10.2 Å². The van der Waals surface area contributed by atoms with E-state index in [1.165, 1.54) is 28.7 Å². The lowest BCUT2D eigenvalue weighted by Gasteiger charge is -2.22. The average Bonchev–Trinajstić information content (AvgIpc) is 3.37. The highest BCUT2D eigenvalue weighted by Crippen LogP contribution is 2.33. The number of benzene rings is 1. The number of aromatic nitrogens is 2. The molecule has 0 aliphatic carbocycles. The number of thioether (sulfide) groups is 1. The second-order valence-electron chi connectivity index (χ2n) is 6.04. The molecule has 0 bridgehead atoms. The van der Waals surface area contributed by atoms with E-state index in [9.17, 15) is 4.79 Å². The molecule has 3 heterocycles. The van der Waals surface area contributed by atoms with Crippen LogP contribution >= 0.6 is 23.1 Å². The molecule has 0 saturated heterocycles. The second kappa shape index (κ2) is 7.51. The molecule has 0 fully saturated rings. The van der Waals surface area contributed by atoms with Crippen molar-refractivity contribution in [3.05, 3.63) is 54.0 Å². The number of hydrogen-bond donors (Lipinski definition) is 1. The Morgan fingerprint density at radius 1 is 1.35 bits per heavy atom. The van der Waals surface area contributed by atoms with Gasteiger partial charge < -0.3 is 14.6 Å². The van der Waals surface area contributed by atoms with Crippen LogP contribution in [0.5, 0.6) is 0 Å². The SMILES string of the molecule is C[C@@H]1Cc2ccccc2N1C(=O)CSc1nnc(NCc2ccco2)s1. The number of carbonyl (C=O) groups is 1. The van der Waals surface area contributed by atoms with Gasteiger partial charge in [-0.15, -0.1) is 10.2 Å². The normalized spacial score (nSPS) is 15.9. The molecule has 1 aliphatic rings. The third-order valence-corrected chi connectivity index (χ3v) is 6.19. The molecule has 1 aliphatic heterocycles. The van der Waals surface area contributed by atoms with Gasteiger partial charge in [-0.1, -0.05) is 41.3 Å². The number of furan rings is 1. The molecule has 1 atom stereocenters. The third kappa shape index (κ3) is 3.61. The fourth-order valence-electron chi connectivity index (χ4n) is 3.05. The first-order valence-electron chi connectivity index (χ1n) is 8.33. The van der Waals surface area contributed by atoms with Gasteiger partial charge in [0.15, 0.2) is 4.34 Å². The van der Waals surface area contributed by atoms with Crippen molar-refractivity contribution in [3.63, 3.8) is 0 Å². The minimum absolute atomic E-state index is 0.104. The first-order chi connectivity index (χ1) is 12.7. The number of carbonyl (C=O) groups excluding carboxylic acids is 1. The zero-order chi connectivity index (χ0) is 17.9. The quantitative estimate of drug-likeness (QED) is 0.650. The molecule has 4 rings (SSSR count). The number of rotatable bonds is 6. The molecule has 26 heavy (non-hydrogen) atoms. The largest absolute Gasteiger partial charge is 0.467 e. The number of para-hydroxylation sites is 1. The lowest BCUT2D eigenvalue weighted by Crippen LogP contribution is -2.36. The number of hydrogen-bond acceptors (Lipinski definition) is 7. The summed E-state index contributed by atoms with van der Waals surface area (Å²) in [6.45, 7) is 2.65. The van der Waals surface area contributed by atoms with Crippen molar-refractivity contribution in [2.75, 3.05) is 16.0 Å². The Bertz CT molecular complexity index is 894. The van der Waals surface area contributed by atoms with Crippen LogP contribution in [-0.2, 0) is 17.8 Å². The van der Waals surface area contributed by atoms with E-state index in [0.29, 0.717) is 12.3 Å². The van der Waals surface area contributed by atoms with Crippen LogP contribution in [-0.4, -0.2) is 27.9 Å². The monoisotopic (exact) mass is 386 g/mol. The summed E-state index contributed by atoms with van der Waals surface area (Å²) in [5.74, 6) is 1.30. The highest BCUT2D eigenvalue weighted by atomic mass is 32.2. The van der Waals surface area contributed by atoms with Crippen molar-refractivity contribution in [1.82, 2.24) is 10.2 Å². The Hall–Kier alpha value is -2.32. The second-order valence-corrected chi connectivity index (χ2v) is 8.24. The van der Waals surface area contributed by atoms with Crippen LogP contribution in [0.2, 0.25) is 0 Å².